The summed E-state index contributed by atoms with van der Waals surface area (Å²) in [5.41, 5.74) is 1.86. The van der Waals surface area contributed by atoms with E-state index >= 15 is 0 Å². The van der Waals surface area contributed by atoms with Crippen molar-refractivity contribution in [3.63, 3.8) is 0 Å². The van der Waals surface area contributed by atoms with Crippen LogP contribution in [0, 0.1) is 0 Å². The normalized spacial score (nSPS) is 13.1. The van der Waals surface area contributed by atoms with E-state index in [2.05, 4.69) is 10.6 Å². The van der Waals surface area contributed by atoms with Crippen LogP contribution in [-0.4, -0.2) is 31.4 Å². The van der Waals surface area contributed by atoms with Gasteiger partial charge >= 0.3 is 6.03 Å². The maximum atomic E-state index is 12.0. The minimum Gasteiger partial charge on any atom is -0.394 e. The Kier molecular flexibility index (Phi) is 6.59. The third kappa shape index (κ3) is 5.09. The van der Waals surface area contributed by atoms with Crippen LogP contribution in [0.1, 0.15) is 23.3 Å². The minimum absolute atomic E-state index is 0.163. The molecule has 3 N–H and O–H groups in total. The number of aliphatic hydroxyl groups excluding tert-OH is 1. The highest BCUT2D eigenvalue weighted by atomic mass is 16.5. The van der Waals surface area contributed by atoms with Gasteiger partial charge in [-0.3, -0.25) is 0 Å². The second kappa shape index (κ2) is 8.92. The molecule has 2 aromatic rings. The molecule has 0 radical (unpaired) electrons. The monoisotopic (exact) mass is 314 g/mol. The number of carbonyl (C=O) groups is 1. The largest absolute Gasteiger partial charge is 0.394 e. The summed E-state index contributed by atoms with van der Waals surface area (Å²) in [6.07, 6.45) is -0.216. The van der Waals surface area contributed by atoms with Gasteiger partial charge in [0.05, 0.1) is 18.8 Å². The lowest BCUT2D eigenvalue weighted by Crippen LogP contribution is -2.41. The number of rotatable bonds is 7. The molecule has 2 amide bonds. The zero-order chi connectivity index (χ0) is 16.5. The fourth-order valence-electron chi connectivity index (χ4n) is 2.32. The van der Waals surface area contributed by atoms with E-state index in [1.807, 2.05) is 60.7 Å². The van der Waals surface area contributed by atoms with Crippen molar-refractivity contribution >= 4 is 6.03 Å². The molecule has 0 aliphatic carbocycles. The number of aliphatic hydroxyl groups is 1. The van der Waals surface area contributed by atoms with E-state index in [1.165, 1.54) is 0 Å². The zero-order valence-corrected chi connectivity index (χ0v) is 13.1. The highest BCUT2D eigenvalue weighted by molar-refractivity contribution is 5.74. The molecule has 5 nitrogen and oxygen atoms in total. The van der Waals surface area contributed by atoms with Crippen molar-refractivity contribution in [2.75, 3.05) is 20.3 Å². The van der Waals surface area contributed by atoms with Gasteiger partial charge in [0.1, 0.15) is 0 Å². The van der Waals surface area contributed by atoms with E-state index in [0.29, 0.717) is 6.54 Å². The minimum atomic E-state index is -0.436. The number of hydrogen-bond acceptors (Lipinski definition) is 3. The number of amides is 2. The first kappa shape index (κ1) is 17.0. The maximum Gasteiger partial charge on any atom is 0.315 e. The maximum absolute atomic E-state index is 12.0. The molecule has 0 aromatic heterocycles. The number of benzene rings is 2. The quantitative estimate of drug-likeness (QED) is 0.735. The lowest BCUT2D eigenvalue weighted by molar-refractivity contribution is 0.103. The van der Waals surface area contributed by atoms with Crippen LogP contribution < -0.4 is 10.6 Å². The van der Waals surface area contributed by atoms with Crippen molar-refractivity contribution in [3.8, 4) is 0 Å². The molecule has 0 bridgehead atoms. The number of ether oxygens (including phenoxy) is 1. The Balaban J connectivity index is 1.89. The van der Waals surface area contributed by atoms with Crippen LogP contribution >= 0.6 is 0 Å². The van der Waals surface area contributed by atoms with Crippen molar-refractivity contribution in [1.82, 2.24) is 10.6 Å². The molecular weight excluding hydrogens is 292 g/mol. The van der Waals surface area contributed by atoms with Crippen LogP contribution in [0.2, 0.25) is 0 Å². The highest BCUT2D eigenvalue weighted by Crippen LogP contribution is 2.15. The van der Waals surface area contributed by atoms with Crippen LogP contribution in [0.4, 0.5) is 4.79 Å². The molecule has 0 heterocycles. The van der Waals surface area contributed by atoms with Gasteiger partial charge in [-0.15, -0.1) is 0 Å². The number of urea groups is 1. The Bertz CT molecular complexity index is 590. The SMILES string of the molecule is COC(CNC(=O)NC(CO)c1ccccc1)c1ccccc1. The smallest absolute Gasteiger partial charge is 0.315 e. The second-order valence-electron chi connectivity index (χ2n) is 5.14. The van der Waals surface area contributed by atoms with Gasteiger partial charge in [0.15, 0.2) is 0 Å². The van der Waals surface area contributed by atoms with E-state index in [0.717, 1.165) is 11.1 Å². The van der Waals surface area contributed by atoms with Gasteiger partial charge in [0.2, 0.25) is 0 Å². The molecule has 0 fully saturated rings. The lowest BCUT2D eigenvalue weighted by atomic mass is 10.1. The molecule has 0 aliphatic heterocycles. The molecule has 2 atom stereocenters. The zero-order valence-electron chi connectivity index (χ0n) is 13.1. The van der Waals surface area contributed by atoms with Gasteiger partial charge in [-0.05, 0) is 11.1 Å². The van der Waals surface area contributed by atoms with Gasteiger partial charge in [-0.25, -0.2) is 4.79 Å². The molecule has 0 aliphatic rings. The topological polar surface area (TPSA) is 70.6 Å². The first-order valence-corrected chi connectivity index (χ1v) is 7.52. The Labute approximate surface area is 136 Å². The van der Waals surface area contributed by atoms with Gasteiger partial charge < -0.3 is 20.5 Å². The summed E-state index contributed by atoms with van der Waals surface area (Å²) in [6.45, 7) is 0.184. The van der Waals surface area contributed by atoms with E-state index in [4.69, 9.17) is 4.74 Å². The Morgan fingerprint density at radius 1 is 1.04 bits per heavy atom. The molecule has 23 heavy (non-hydrogen) atoms. The van der Waals surface area contributed by atoms with Crippen LogP contribution in [0.5, 0.6) is 0 Å². The molecule has 0 saturated heterocycles. The molecule has 0 spiro atoms. The fraction of sp³-hybridized carbons (Fsp3) is 0.278. The summed E-state index contributed by atoms with van der Waals surface area (Å²) < 4.78 is 5.41. The van der Waals surface area contributed by atoms with Gasteiger partial charge in [0, 0.05) is 13.7 Å². The van der Waals surface area contributed by atoms with Gasteiger partial charge in [-0.2, -0.15) is 0 Å². The Hall–Kier alpha value is -2.37. The summed E-state index contributed by atoms with van der Waals surface area (Å²) >= 11 is 0. The first-order valence-electron chi connectivity index (χ1n) is 7.52. The third-order valence-corrected chi connectivity index (χ3v) is 3.59. The van der Waals surface area contributed by atoms with E-state index in [9.17, 15) is 9.90 Å². The molecule has 122 valence electrons. The Morgan fingerprint density at radius 3 is 2.13 bits per heavy atom. The lowest BCUT2D eigenvalue weighted by Gasteiger charge is -2.20. The average Bonchev–Trinajstić information content (AvgIpc) is 2.62. The van der Waals surface area contributed by atoms with E-state index < -0.39 is 6.04 Å². The molecule has 2 aromatic carbocycles. The molecule has 2 unspecified atom stereocenters. The van der Waals surface area contributed by atoms with Crippen molar-refractivity contribution in [3.05, 3.63) is 71.8 Å². The van der Waals surface area contributed by atoms with Gasteiger partial charge in [0.25, 0.3) is 0 Å². The number of nitrogens with one attached hydrogen (secondary N) is 2. The van der Waals surface area contributed by atoms with Crippen LogP contribution in [0.25, 0.3) is 0 Å². The van der Waals surface area contributed by atoms with Crippen molar-refractivity contribution < 1.29 is 14.6 Å². The third-order valence-electron chi connectivity index (χ3n) is 3.59. The summed E-state index contributed by atoms with van der Waals surface area (Å²) in [4.78, 5) is 12.0. The van der Waals surface area contributed by atoms with Crippen molar-refractivity contribution in [2.24, 2.45) is 0 Å². The highest BCUT2D eigenvalue weighted by Gasteiger charge is 2.15. The van der Waals surface area contributed by atoms with Crippen molar-refractivity contribution in [2.45, 2.75) is 12.1 Å². The molecule has 0 saturated carbocycles. The summed E-state index contributed by atoms with van der Waals surface area (Å²) in [5.74, 6) is 0. The number of carbonyl (C=O) groups excluding carboxylic acids is 1. The summed E-state index contributed by atoms with van der Waals surface area (Å²) in [6, 6.07) is 18.3. The summed E-state index contributed by atoms with van der Waals surface area (Å²) in [7, 11) is 1.61. The predicted octanol–water partition coefficient (Wildman–Crippen LogP) is 2.41. The average molecular weight is 314 g/mol. The number of methoxy groups -OCH3 is 1. The summed E-state index contributed by atoms with van der Waals surface area (Å²) in [5, 5.41) is 15.0. The van der Waals surface area contributed by atoms with E-state index in [1.54, 1.807) is 7.11 Å². The molecular formula is C18H22N2O3. The molecule has 2 rings (SSSR count). The standard InChI is InChI=1S/C18H22N2O3/c1-23-17(15-10-6-3-7-11-15)12-19-18(22)20-16(13-21)14-8-4-2-5-9-14/h2-11,16-17,21H,12-13H2,1H3,(H2,19,20,22). The van der Waals surface area contributed by atoms with Crippen LogP contribution in [-0.2, 0) is 4.74 Å². The number of hydrogen-bond donors (Lipinski definition) is 3. The van der Waals surface area contributed by atoms with Crippen LogP contribution in [0.15, 0.2) is 60.7 Å². The predicted molar refractivity (Wildman–Crippen MR) is 89.0 cm³/mol. The fourth-order valence-corrected chi connectivity index (χ4v) is 2.32. The Morgan fingerprint density at radius 2 is 1.61 bits per heavy atom. The second-order valence-corrected chi connectivity index (χ2v) is 5.14. The molecule has 5 heteroatoms. The first-order chi connectivity index (χ1) is 11.2. The van der Waals surface area contributed by atoms with Crippen molar-refractivity contribution in [1.29, 1.82) is 0 Å². The van der Waals surface area contributed by atoms with Gasteiger partial charge in [-0.1, -0.05) is 60.7 Å². The van der Waals surface area contributed by atoms with E-state index in [-0.39, 0.29) is 18.7 Å². The van der Waals surface area contributed by atoms with Crippen LogP contribution in [0.3, 0.4) is 0 Å².